The normalized spacial score (nSPS) is 21.2. The van der Waals surface area contributed by atoms with Gasteiger partial charge < -0.3 is 15.1 Å². The summed E-state index contributed by atoms with van der Waals surface area (Å²) in [6.45, 7) is 4.96. The third kappa shape index (κ3) is 6.19. The number of hydrogen-bond acceptors (Lipinski definition) is 7. The van der Waals surface area contributed by atoms with Crippen molar-refractivity contribution in [3.63, 3.8) is 0 Å². The van der Waals surface area contributed by atoms with Crippen LogP contribution in [-0.2, 0) is 14.4 Å². The number of nitrogens with one attached hydrogen (secondary N) is 2. The molecule has 2 N–H and O–H groups in total. The Morgan fingerprint density at radius 3 is 2.32 bits per heavy atom. The van der Waals surface area contributed by atoms with E-state index in [4.69, 9.17) is 0 Å². The van der Waals surface area contributed by atoms with E-state index < -0.39 is 0 Å². The molecule has 3 aliphatic heterocycles. The van der Waals surface area contributed by atoms with Crippen molar-refractivity contribution in [1.29, 1.82) is 0 Å². The summed E-state index contributed by atoms with van der Waals surface area (Å²) in [5.74, 6) is -0.716. The number of piperidine rings is 2. The molecule has 3 aliphatic rings. The van der Waals surface area contributed by atoms with Gasteiger partial charge in [0, 0.05) is 63.6 Å². The fourth-order valence-electron chi connectivity index (χ4n) is 5.41. The fraction of sp³-hybridized carbons (Fsp3) is 0.464. The summed E-state index contributed by atoms with van der Waals surface area (Å²) in [7, 11) is 0. The first-order chi connectivity index (χ1) is 18.5. The Kier molecular flexibility index (Phi) is 7.97. The van der Waals surface area contributed by atoms with Gasteiger partial charge in [0.25, 0.3) is 5.91 Å². The highest BCUT2D eigenvalue weighted by Crippen LogP contribution is 2.27. The molecule has 2 aromatic rings. The highest BCUT2D eigenvalue weighted by atomic mass is 16.2. The molecule has 0 spiro atoms. The van der Waals surface area contributed by atoms with Gasteiger partial charge in [0.15, 0.2) is 0 Å². The van der Waals surface area contributed by atoms with Crippen LogP contribution in [0.1, 0.15) is 47.7 Å². The second-order valence-corrected chi connectivity index (χ2v) is 10.2. The second kappa shape index (κ2) is 11.7. The van der Waals surface area contributed by atoms with E-state index in [1.54, 1.807) is 24.4 Å². The molecule has 3 fully saturated rings. The molecule has 0 bridgehead atoms. The largest absolute Gasteiger partial charge is 0.369 e. The summed E-state index contributed by atoms with van der Waals surface area (Å²) in [6.07, 6.45) is 4.02. The number of piperazine rings is 1. The number of likely N-dealkylation sites (tertiary alicyclic amines) is 1. The third-order valence-electron chi connectivity index (χ3n) is 7.71. The number of aromatic nitrogens is 1. The number of benzene rings is 1. The van der Waals surface area contributed by atoms with Crippen LogP contribution in [0.15, 0.2) is 48.7 Å². The van der Waals surface area contributed by atoms with E-state index in [9.17, 15) is 19.2 Å². The van der Waals surface area contributed by atoms with E-state index in [-0.39, 0.29) is 35.6 Å². The van der Waals surface area contributed by atoms with Crippen molar-refractivity contribution < 1.29 is 19.2 Å². The van der Waals surface area contributed by atoms with Crippen molar-refractivity contribution in [2.24, 2.45) is 0 Å². The number of hydrogen-bond donors (Lipinski definition) is 2. The molecular formula is C28H34N6O4. The first-order valence-electron chi connectivity index (χ1n) is 13.4. The van der Waals surface area contributed by atoms with Gasteiger partial charge in [-0.3, -0.25) is 34.4 Å². The highest BCUT2D eigenvalue weighted by Gasteiger charge is 2.29. The Morgan fingerprint density at radius 1 is 0.921 bits per heavy atom. The van der Waals surface area contributed by atoms with Crippen LogP contribution in [-0.4, -0.2) is 90.3 Å². The van der Waals surface area contributed by atoms with E-state index in [0.717, 1.165) is 50.3 Å². The van der Waals surface area contributed by atoms with Crippen molar-refractivity contribution in [3.8, 4) is 0 Å². The molecule has 4 amide bonds. The smallest absolute Gasteiger partial charge is 0.270 e. The van der Waals surface area contributed by atoms with Crippen LogP contribution in [0.2, 0.25) is 0 Å². The van der Waals surface area contributed by atoms with Crippen LogP contribution in [0.25, 0.3) is 0 Å². The van der Waals surface area contributed by atoms with Crippen molar-refractivity contribution >= 4 is 29.3 Å². The maximum Gasteiger partial charge on any atom is 0.270 e. The summed E-state index contributed by atoms with van der Waals surface area (Å²) < 4.78 is 0. The zero-order valence-corrected chi connectivity index (χ0v) is 21.5. The van der Waals surface area contributed by atoms with Crippen LogP contribution in [0.5, 0.6) is 0 Å². The van der Waals surface area contributed by atoms with E-state index >= 15 is 0 Å². The van der Waals surface area contributed by atoms with Gasteiger partial charge in [-0.25, -0.2) is 0 Å². The first kappa shape index (κ1) is 25.8. The van der Waals surface area contributed by atoms with Crippen molar-refractivity contribution in [2.45, 2.75) is 37.6 Å². The van der Waals surface area contributed by atoms with Crippen molar-refractivity contribution in [1.82, 2.24) is 25.4 Å². The summed E-state index contributed by atoms with van der Waals surface area (Å²) in [4.78, 5) is 59.3. The molecule has 1 aromatic heterocycles. The summed E-state index contributed by atoms with van der Waals surface area (Å²) in [6, 6.07) is 13.4. The van der Waals surface area contributed by atoms with Crippen LogP contribution >= 0.6 is 0 Å². The number of carbonyl (C=O) groups excluding carboxylic acids is 4. The Hall–Kier alpha value is -3.79. The Morgan fingerprint density at radius 2 is 1.66 bits per heavy atom. The average Bonchev–Trinajstić information content (AvgIpc) is 2.94. The average molecular weight is 519 g/mol. The third-order valence-corrected chi connectivity index (χ3v) is 7.71. The second-order valence-electron chi connectivity index (χ2n) is 10.2. The van der Waals surface area contributed by atoms with Gasteiger partial charge in [0.1, 0.15) is 5.69 Å². The van der Waals surface area contributed by atoms with Gasteiger partial charge in [-0.2, -0.15) is 0 Å². The van der Waals surface area contributed by atoms with E-state index in [1.165, 1.54) is 0 Å². The predicted molar refractivity (Wildman–Crippen MR) is 142 cm³/mol. The van der Waals surface area contributed by atoms with Crippen molar-refractivity contribution in [2.75, 3.05) is 50.7 Å². The molecule has 1 unspecified atom stereocenters. The van der Waals surface area contributed by atoms with Gasteiger partial charge in [0.2, 0.25) is 17.7 Å². The number of amides is 4. The summed E-state index contributed by atoms with van der Waals surface area (Å²) in [5, 5.41) is 5.46. The highest BCUT2D eigenvalue weighted by molar-refractivity contribution is 6.01. The van der Waals surface area contributed by atoms with Gasteiger partial charge in [-0.1, -0.05) is 18.2 Å². The number of imide groups is 1. The molecule has 4 heterocycles. The molecule has 200 valence electrons. The lowest BCUT2D eigenvalue weighted by molar-refractivity contribution is -0.135. The van der Waals surface area contributed by atoms with Crippen LogP contribution in [0.3, 0.4) is 0 Å². The number of pyridine rings is 1. The van der Waals surface area contributed by atoms with Crippen LogP contribution in [0.4, 0.5) is 5.69 Å². The maximum absolute atomic E-state index is 12.9. The number of carbonyl (C=O) groups is 4. The van der Waals surface area contributed by atoms with Gasteiger partial charge >= 0.3 is 0 Å². The van der Waals surface area contributed by atoms with Gasteiger partial charge in [-0.15, -0.1) is 0 Å². The zero-order chi connectivity index (χ0) is 26.5. The molecule has 10 nitrogen and oxygen atoms in total. The quantitative estimate of drug-likeness (QED) is 0.551. The molecule has 0 aliphatic carbocycles. The summed E-state index contributed by atoms with van der Waals surface area (Å²) in [5.41, 5.74) is 2.44. The lowest BCUT2D eigenvalue weighted by atomic mass is 9.90. The zero-order valence-electron chi connectivity index (χ0n) is 21.5. The molecule has 1 aromatic carbocycles. The summed E-state index contributed by atoms with van der Waals surface area (Å²) >= 11 is 0. The molecule has 1 atom stereocenters. The predicted octanol–water partition coefficient (Wildman–Crippen LogP) is 1.14. The van der Waals surface area contributed by atoms with Crippen LogP contribution < -0.4 is 15.5 Å². The van der Waals surface area contributed by atoms with Gasteiger partial charge in [0.05, 0.1) is 12.5 Å². The Bertz CT molecular complexity index is 1160. The standard InChI is InChI=1S/C28H34N6O4/c35-25-9-8-23(27(37)31-25)20-4-6-22(7-5-20)33-17-15-32(16-18-33)19-26(36)34-13-10-21(11-14-34)30-28(38)24-3-1-2-12-29-24/h1-7,12,21,23H,8-11,13-19H2,(H,30,38)(H,31,35,37). The first-order valence-corrected chi connectivity index (χ1v) is 13.4. The van der Waals surface area contributed by atoms with Gasteiger partial charge in [-0.05, 0) is 49.1 Å². The van der Waals surface area contributed by atoms with E-state index in [2.05, 4.69) is 25.4 Å². The monoisotopic (exact) mass is 518 g/mol. The minimum Gasteiger partial charge on any atom is -0.369 e. The SMILES string of the molecule is O=C1CCC(c2ccc(N3CCN(CC(=O)N4CCC(NC(=O)c5ccccn5)CC4)CC3)cc2)C(=O)N1. The van der Waals surface area contributed by atoms with Crippen LogP contribution in [0, 0.1) is 0 Å². The molecule has 0 saturated carbocycles. The molecule has 38 heavy (non-hydrogen) atoms. The van der Waals surface area contributed by atoms with E-state index in [1.807, 2.05) is 29.2 Å². The Labute approximate surface area is 222 Å². The number of rotatable bonds is 6. The molecule has 5 rings (SSSR count). The topological polar surface area (TPSA) is 115 Å². The molecule has 0 radical (unpaired) electrons. The number of anilines is 1. The minimum atomic E-state index is -0.271. The Balaban J connectivity index is 1.04. The molecule has 10 heteroatoms. The number of nitrogens with zero attached hydrogens (tertiary/aromatic N) is 4. The maximum atomic E-state index is 12.9. The lowest BCUT2D eigenvalue weighted by Gasteiger charge is -2.38. The molecule has 3 saturated heterocycles. The minimum absolute atomic E-state index is 0.0541. The fourth-order valence-corrected chi connectivity index (χ4v) is 5.41. The lowest BCUT2D eigenvalue weighted by Crippen LogP contribution is -2.52. The molecular weight excluding hydrogens is 484 g/mol. The van der Waals surface area contributed by atoms with Crippen molar-refractivity contribution in [3.05, 3.63) is 59.9 Å². The van der Waals surface area contributed by atoms with E-state index in [0.29, 0.717) is 38.2 Å².